The van der Waals surface area contributed by atoms with Crippen molar-refractivity contribution < 1.29 is 9.59 Å². The Bertz CT molecular complexity index is 1140. The van der Waals surface area contributed by atoms with Gasteiger partial charge in [-0.3, -0.25) is 19.6 Å². The van der Waals surface area contributed by atoms with E-state index in [0.717, 1.165) is 68.6 Å². The predicted octanol–water partition coefficient (Wildman–Crippen LogP) is 2.25. The smallest absolute Gasteiger partial charge is 0.258 e. The minimum atomic E-state index is -0.319. The number of nitrogens with one attached hydrogen (secondary N) is 1. The third-order valence-electron chi connectivity index (χ3n) is 8.64. The van der Waals surface area contributed by atoms with Crippen molar-refractivity contribution in [3.8, 4) is 0 Å². The number of hydrogen-bond donors (Lipinski definition) is 1. The fourth-order valence-corrected chi connectivity index (χ4v) is 8.13. The van der Waals surface area contributed by atoms with E-state index >= 15 is 0 Å². The number of fused-ring (bicyclic) bond motifs is 5. The van der Waals surface area contributed by atoms with Crippen LogP contribution < -0.4 is 5.32 Å². The Kier molecular flexibility index (Phi) is 7.44. The first-order valence-corrected chi connectivity index (χ1v) is 15.2. The Morgan fingerprint density at radius 2 is 2.03 bits per heavy atom. The summed E-state index contributed by atoms with van der Waals surface area (Å²) in [6, 6.07) is 0.485. The molecular formula is C28H39N7O2S. The first-order valence-electron chi connectivity index (χ1n) is 14.4. The van der Waals surface area contributed by atoms with E-state index in [1.807, 2.05) is 6.92 Å². The summed E-state index contributed by atoms with van der Waals surface area (Å²) in [6.07, 6.45) is 9.83. The van der Waals surface area contributed by atoms with Crippen LogP contribution in [0, 0.1) is 0 Å². The van der Waals surface area contributed by atoms with Crippen LogP contribution in [0.1, 0.15) is 52.4 Å². The molecule has 1 N–H and O–H groups in total. The van der Waals surface area contributed by atoms with Crippen LogP contribution in [0.4, 0.5) is 0 Å². The number of Topliss-reactive ketones (excluding diaryl/α,β-unsaturated/α-hetero) is 1. The van der Waals surface area contributed by atoms with Crippen molar-refractivity contribution in [1.82, 2.24) is 20.0 Å². The van der Waals surface area contributed by atoms with Crippen LogP contribution >= 0.6 is 11.8 Å². The Balaban J connectivity index is 1.28. The van der Waals surface area contributed by atoms with Crippen molar-refractivity contribution in [2.45, 2.75) is 75.9 Å². The molecule has 0 aromatic rings. The number of dihydropyridines is 1. The zero-order chi connectivity index (χ0) is 26.2. The number of carbonyl (C=O) groups is 2. The van der Waals surface area contributed by atoms with E-state index in [4.69, 9.17) is 4.99 Å². The van der Waals surface area contributed by atoms with Crippen molar-refractivity contribution >= 4 is 41.2 Å². The van der Waals surface area contributed by atoms with Gasteiger partial charge in [-0.15, -0.1) is 11.8 Å². The number of likely N-dealkylation sites (N-methyl/N-ethyl adjacent to an activating group) is 1. The van der Waals surface area contributed by atoms with Crippen LogP contribution in [-0.4, -0.2) is 113 Å². The molecule has 4 atom stereocenters. The van der Waals surface area contributed by atoms with E-state index in [-0.39, 0.29) is 30.4 Å². The molecule has 3 fully saturated rings. The van der Waals surface area contributed by atoms with Gasteiger partial charge in [-0.2, -0.15) is 0 Å². The van der Waals surface area contributed by atoms with Gasteiger partial charge in [0.2, 0.25) is 5.78 Å². The minimum absolute atomic E-state index is 0.159. The number of thioether (sulfide) groups is 1. The molecule has 2 saturated heterocycles. The summed E-state index contributed by atoms with van der Waals surface area (Å²) in [7, 11) is 0. The second-order valence-corrected chi connectivity index (χ2v) is 12.4. The van der Waals surface area contributed by atoms with E-state index in [1.54, 1.807) is 18.0 Å². The van der Waals surface area contributed by atoms with E-state index in [1.165, 1.54) is 12.8 Å². The Morgan fingerprint density at radius 1 is 1.16 bits per heavy atom. The maximum absolute atomic E-state index is 13.9. The molecule has 38 heavy (non-hydrogen) atoms. The van der Waals surface area contributed by atoms with Crippen molar-refractivity contribution in [2.75, 3.05) is 45.8 Å². The summed E-state index contributed by atoms with van der Waals surface area (Å²) < 4.78 is 0. The fourth-order valence-electron chi connectivity index (χ4n) is 6.47. The van der Waals surface area contributed by atoms with Gasteiger partial charge in [0.25, 0.3) is 5.91 Å². The number of carbonyl (C=O) groups excluding carboxylic acids is 2. The number of ketones is 1. The average Bonchev–Trinajstić information content (AvgIpc) is 3.15. The van der Waals surface area contributed by atoms with Crippen molar-refractivity contribution in [1.29, 1.82) is 0 Å². The molecular weight excluding hydrogens is 498 g/mol. The lowest BCUT2D eigenvalue weighted by Gasteiger charge is -2.42. The number of amides is 1. The predicted molar refractivity (Wildman–Crippen MR) is 153 cm³/mol. The lowest BCUT2D eigenvalue weighted by atomic mass is 9.88. The molecule has 1 saturated carbocycles. The average molecular weight is 538 g/mol. The Labute approximate surface area is 229 Å². The molecule has 204 valence electrons. The van der Waals surface area contributed by atoms with Gasteiger partial charge >= 0.3 is 0 Å². The monoisotopic (exact) mass is 537 g/mol. The fraction of sp³-hybridized carbons (Fsp3) is 0.679. The number of nitrogens with zero attached hydrogens (tertiary/aromatic N) is 6. The summed E-state index contributed by atoms with van der Waals surface area (Å²) in [6.45, 7) is 10.4. The van der Waals surface area contributed by atoms with E-state index in [0.29, 0.717) is 35.4 Å². The largest absolute Gasteiger partial charge is 0.359 e. The van der Waals surface area contributed by atoms with Crippen LogP contribution in [-0.2, 0) is 9.59 Å². The Morgan fingerprint density at radius 3 is 2.84 bits per heavy atom. The molecule has 4 unspecified atom stereocenters. The minimum Gasteiger partial charge on any atom is -0.359 e. The van der Waals surface area contributed by atoms with Crippen LogP contribution in [0.25, 0.3) is 0 Å². The van der Waals surface area contributed by atoms with Gasteiger partial charge in [-0.1, -0.05) is 25.8 Å². The van der Waals surface area contributed by atoms with Crippen molar-refractivity contribution in [3.05, 3.63) is 22.3 Å². The van der Waals surface area contributed by atoms with Gasteiger partial charge in [-0.25, -0.2) is 4.99 Å². The first-order chi connectivity index (χ1) is 18.5. The SMILES string of the molecule is CCN1CCCN(C2=NC3C(=CC2)C(=O)C(C(=O)NCC2=NCC(C)N=C2)=C2SC4CCCCC4N23)CC1. The molecule has 5 aliphatic heterocycles. The quantitative estimate of drug-likeness (QED) is 0.553. The standard InChI is InChI=1S/C28H39N7O2S/c1-3-33-11-6-12-34(14-13-33)23-10-9-20-25(36)24(27(37)31-17-19-16-29-18(2)15-30-19)28-35(26(20)32-23)21-7-4-5-8-22(21)38-28/h9,16,18,21-22,26H,3-8,10-15,17H2,1-2H3,(H,31,37). The number of rotatable bonds is 4. The van der Waals surface area contributed by atoms with E-state index < -0.39 is 0 Å². The van der Waals surface area contributed by atoms with E-state index in [9.17, 15) is 9.59 Å². The highest BCUT2D eigenvalue weighted by Gasteiger charge is 2.51. The molecule has 0 aromatic heterocycles. The van der Waals surface area contributed by atoms with Gasteiger partial charge in [0.05, 0.1) is 29.9 Å². The van der Waals surface area contributed by atoms with Crippen molar-refractivity contribution in [2.24, 2.45) is 15.0 Å². The Hall–Kier alpha value is -2.46. The third kappa shape index (κ3) is 4.85. The molecule has 0 aromatic carbocycles. The van der Waals surface area contributed by atoms with Gasteiger partial charge < -0.3 is 20.0 Å². The second kappa shape index (κ2) is 11.0. The summed E-state index contributed by atoms with van der Waals surface area (Å²) in [5, 5.41) is 4.21. The highest BCUT2D eigenvalue weighted by atomic mass is 32.2. The van der Waals surface area contributed by atoms with Crippen LogP contribution in [0.15, 0.2) is 37.2 Å². The molecule has 10 heteroatoms. The molecule has 6 aliphatic rings. The highest BCUT2D eigenvalue weighted by Crippen LogP contribution is 2.51. The van der Waals surface area contributed by atoms with Crippen molar-refractivity contribution in [3.63, 3.8) is 0 Å². The van der Waals surface area contributed by atoms with Crippen LogP contribution in [0.3, 0.4) is 0 Å². The van der Waals surface area contributed by atoms with Gasteiger partial charge in [0.15, 0.2) is 6.17 Å². The van der Waals surface area contributed by atoms with E-state index in [2.05, 4.69) is 43.0 Å². The van der Waals surface area contributed by atoms with Gasteiger partial charge in [-0.05, 0) is 39.3 Å². The summed E-state index contributed by atoms with van der Waals surface area (Å²) in [5.74, 6) is 0.621. The summed E-state index contributed by atoms with van der Waals surface area (Å²) in [4.78, 5) is 48.9. The zero-order valence-corrected chi connectivity index (χ0v) is 23.4. The number of amidine groups is 1. The molecule has 0 spiro atoms. The molecule has 1 amide bonds. The third-order valence-corrected chi connectivity index (χ3v) is 10.1. The normalized spacial score (nSPS) is 31.6. The van der Waals surface area contributed by atoms with Gasteiger partial charge in [0.1, 0.15) is 11.4 Å². The highest BCUT2D eigenvalue weighted by molar-refractivity contribution is 8.04. The second-order valence-electron chi connectivity index (χ2n) is 11.1. The summed E-state index contributed by atoms with van der Waals surface area (Å²) >= 11 is 1.73. The zero-order valence-electron chi connectivity index (χ0n) is 22.6. The molecule has 0 radical (unpaired) electrons. The molecule has 9 nitrogen and oxygen atoms in total. The lowest BCUT2D eigenvalue weighted by Crippen LogP contribution is -2.51. The molecule has 1 aliphatic carbocycles. The maximum Gasteiger partial charge on any atom is 0.258 e. The van der Waals surface area contributed by atoms with Crippen LogP contribution in [0.5, 0.6) is 0 Å². The number of hydrogen-bond acceptors (Lipinski definition) is 9. The maximum atomic E-state index is 13.9. The van der Waals surface area contributed by atoms with Crippen LogP contribution in [0.2, 0.25) is 0 Å². The summed E-state index contributed by atoms with van der Waals surface area (Å²) in [5.41, 5.74) is 1.71. The molecule has 0 bridgehead atoms. The molecule has 5 heterocycles. The topological polar surface area (TPSA) is 93.0 Å². The molecule has 6 rings (SSSR count). The van der Waals surface area contributed by atoms with Gasteiger partial charge in [0, 0.05) is 49.1 Å². The first kappa shape index (κ1) is 25.8. The lowest BCUT2D eigenvalue weighted by molar-refractivity contribution is -0.122. The number of aliphatic imine (C=N–C) groups is 3.